The van der Waals surface area contributed by atoms with Crippen LogP contribution < -0.4 is 10.6 Å². The highest BCUT2D eigenvalue weighted by Gasteiger charge is 2.15. The smallest absolute Gasteiger partial charge is 0.152 e. The maximum Gasteiger partial charge on any atom is 0.152 e. The van der Waals surface area contributed by atoms with Crippen LogP contribution in [0.3, 0.4) is 0 Å². The van der Waals surface area contributed by atoms with Gasteiger partial charge in [-0.05, 0) is 43.2 Å². The van der Waals surface area contributed by atoms with Crippen molar-refractivity contribution in [2.45, 2.75) is 19.9 Å². The Morgan fingerprint density at radius 1 is 1.26 bits per heavy atom. The number of aryl methyl sites for hydroxylation is 1. The fourth-order valence-electron chi connectivity index (χ4n) is 2.03. The number of benzene rings is 1. The minimum atomic E-state index is 0.176. The van der Waals surface area contributed by atoms with Gasteiger partial charge in [-0.1, -0.05) is 23.7 Å². The van der Waals surface area contributed by atoms with Crippen LogP contribution in [0, 0.1) is 6.92 Å². The Bertz CT molecular complexity index is 566. The number of rotatable bonds is 3. The molecule has 0 aliphatic carbocycles. The summed E-state index contributed by atoms with van der Waals surface area (Å²) < 4.78 is 0. The van der Waals surface area contributed by atoms with Crippen LogP contribution in [0.4, 0.5) is 11.5 Å². The minimum absolute atomic E-state index is 0.176. The predicted octanol–water partition coefficient (Wildman–Crippen LogP) is 3.82. The van der Waals surface area contributed by atoms with Gasteiger partial charge in [-0.15, -0.1) is 0 Å². The molecule has 4 heteroatoms. The summed E-state index contributed by atoms with van der Waals surface area (Å²) >= 11 is 5.91. The van der Waals surface area contributed by atoms with E-state index in [2.05, 4.69) is 16.8 Å². The first-order valence-corrected chi connectivity index (χ1v) is 6.57. The molecule has 19 heavy (non-hydrogen) atoms. The zero-order chi connectivity index (χ0) is 14.0. The van der Waals surface area contributed by atoms with Crippen LogP contribution in [0.2, 0.25) is 5.02 Å². The van der Waals surface area contributed by atoms with Gasteiger partial charge in [0.25, 0.3) is 0 Å². The van der Waals surface area contributed by atoms with Crippen LogP contribution in [0.25, 0.3) is 0 Å². The molecule has 1 aromatic heterocycles. The number of hydrogen-bond acceptors (Lipinski definition) is 3. The van der Waals surface area contributed by atoms with E-state index in [1.165, 1.54) is 5.56 Å². The van der Waals surface area contributed by atoms with Crippen LogP contribution in [-0.4, -0.2) is 12.0 Å². The molecule has 0 saturated carbocycles. The lowest BCUT2D eigenvalue weighted by molar-refractivity contribution is 0.730. The molecule has 0 aliphatic heterocycles. The van der Waals surface area contributed by atoms with Crippen molar-refractivity contribution in [2.75, 3.05) is 17.7 Å². The van der Waals surface area contributed by atoms with Crippen LogP contribution in [0.15, 0.2) is 36.5 Å². The van der Waals surface area contributed by atoms with Crippen molar-refractivity contribution in [1.29, 1.82) is 0 Å². The van der Waals surface area contributed by atoms with E-state index in [-0.39, 0.29) is 6.04 Å². The lowest BCUT2D eigenvalue weighted by Crippen LogP contribution is -2.23. The molecule has 2 N–H and O–H groups in total. The fourth-order valence-corrected chi connectivity index (χ4v) is 2.15. The summed E-state index contributed by atoms with van der Waals surface area (Å²) in [5.74, 6) is 0.799. The van der Waals surface area contributed by atoms with E-state index in [0.29, 0.717) is 5.69 Å². The van der Waals surface area contributed by atoms with E-state index in [4.69, 9.17) is 17.3 Å². The molecule has 0 aliphatic rings. The zero-order valence-electron chi connectivity index (χ0n) is 11.4. The number of hydrogen-bond donors (Lipinski definition) is 1. The van der Waals surface area contributed by atoms with E-state index < -0.39 is 0 Å². The Morgan fingerprint density at radius 3 is 2.47 bits per heavy atom. The third kappa shape index (κ3) is 2.99. The highest BCUT2D eigenvalue weighted by Crippen LogP contribution is 2.28. The second-order valence-electron chi connectivity index (χ2n) is 4.76. The molecule has 0 saturated heterocycles. The van der Waals surface area contributed by atoms with Gasteiger partial charge >= 0.3 is 0 Å². The molecule has 1 aromatic carbocycles. The second-order valence-corrected chi connectivity index (χ2v) is 5.20. The number of aromatic nitrogens is 1. The molecule has 1 heterocycles. The summed E-state index contributed by atoms with van der Waals surface area (Å²) in [4.78, 5) is 6.48. The molecular formula is C15H18ClN3. The first kappa shape index (κ1) is 13.7. The third-order valence-corrected chi connectivity index (χ3v) is 3.55. The first-order valence-electron chi connectivity index (χ1n) is 6.19. The summed E-state index contributed by atoms with van der Waals surface area (Å²) in [6, 6.07) is 9.95. The fraction of sp³-hybridized carbons (Fsp3) is 0.267. The molecule has 0 amide bonds. The van der Waals surface area contributed by atoms with Gasteiger partial charge in [-0.3, -0.25) is 0 Å². The summed E-state index contributed by atoms with van der Waals surface area (Å²) in [5.41, 5.74) is 8.97. The number of nitrogens with two attached hydrogens (primary N) is 1. The second kappa shape index (κ2) is 5.49. The van der Waals surface area contributed by atoms with Crippen LogP contribution >= 0.6 is 11.6 Å². The number of halogens is 1. The van der Waals surface area contributed by atoms with E-state index in [1.807, 2.05) is 50.5 Å². The van der Waals surface area contributed by atoms with Gasteiger partial charge in [-0.2, -0.15) is 0 Å². The third-order valence-electron chi connectivity index (χ3n) is 3.30. The Labute approximate surface area is 119 Å². The van der Waals surface area contributed by atoms with E-state index in [9.17, 15) is 0 Å². The average molecular weight is 276 g/mol. The van der Waals surface area contributed by atoms with Crippen molar-refractivity contribution in [3.05, 3.63) is 52.7 Å². The van der Waals surface area contributed by atoms with E-state index in [0.717, 1.165) is 16.4 Å². The van der Waals surface area contributed by atoms with Crippen LogP contribution in [0.1, 0.15) is 24.1 Å². The van der Waals surface area contributed by atoms with Crippen molar-refractivity contribution in [3.8, 4) is 0 Å². The normalized spacial score (nSPS) is 12.2. The predicted molar refractivity (Wildman–Crippen MR) is 81.7 cm³/mol. The molecule has 100 valence electrons. The van der Waals surface area contributed by atoms with Gasteiger partial charge in [0, 0.05) is 18.3 Å². The number of pyridine rings is 1. The summed E-state index contributed by atoms with van der Waals surface area (Å²) in [6.07, 6.45) is 1.83. The first-order chi connectivity index (χ1) is 8.99. The molecule has 3 nitrogen and oxygen atoms in total. The van der Waals surface area contributed by atoms with Gasteiger partial charge < -0.3 is 10.6 Å². The highest BCUT2D eigenvalue weighted by atomic mass is 35.5. The highest BCUT2D eigenvalue weighted by molar-refractivity contribution is 6.30. The topological polar surface area (TPSA) is 42.2 Å². The molecule has 1 atom stereocenters. The Balaban J connectivity index is 2.27. The minimum Gasteiger partial charge on any atom is -0.396 e. The van der Waals surface area contributed by atoms with Crippen molar-refractivity contribution >= 4 is 23.1 Å². The SMILES string of the molecule is Cc1cnc(N(C)C(C)c2ccc(Cl)cc2)c(N)c1. The Hall–Kier alpha value is -1.74. The maximum atomic E-state index is 6.04. The van der Waals surface area contributed by atoms with E-state index >= 15 is 0 Å². The molecule has 2 aromatic rings. The number of nitrogens with zero attached hydrogens (tertiary/aromatic N) is 2. The Kier molecular flexibility index (Phi) is 3.96. The summed E-state index contributed by atoms with van der Waals surface area (Å²) in [5, 5.41) is 0.742. The molecule has 0 bridgehead atoms. The zero-order valence-corrected chi connectivity index (χ0v) is 12.1. The van der Waals surface area contributed by atoms with Crippen LogP contribution in [0.5, 0.6) is 0 Å². The number of anilines is 2. The average Bonchev–Trinajstić information content (AvgIpc) is 2.38. The van der Waals surface area contributed by atoms with Gasteiger partial charge in [0.15, 0.2) is 5.82 Å². The van der Waals surface area contributed by atoms with Gasteiger partial charge in [0.05, 0.1) is 11.7 Å². The summed E-state index contributed by atoms with van der Waals surface area (Å²) in [7, 11) is 1.99. The molecule has 1 unspecified atom stereocenters. The maximum absolute atomic E-state index is 6.04. The molecular weight excluding hydrogens is 258 g/mol. The van der Waals surface area contributed by atoms with Crippen molar-refractivity contribution in [2.24, 2.45) is 0 Å². The number of nitrogen functional groups attached to an aromatic ring is 1. The molecule has 0 radical (unpaired) electrons. The molecule has 0 spiro atoms. The van der Waals surface area contributed by atoms with E-state index in [1.54, 1.807) is 0 Å². The quantitative estimate of drug-likeness (QED) is 0.926. The van der Waals surface area contributed by atoms with Gasteiger partial charge in [0.1, 0.15) is 0 Å². The van der Waals surface area contributed by atoms with Crippen molar-refractivity contribution in [1.82, 2.24) is 4.98 Å². The molecule has 2 rings (SSSR count). The lowest BCUT2D eigenvalue weighted by atomic mass is 10.1. The standard InChI is InChI=1S/C15H18ClN3/c1-10-8-14(17)15(18-9-10)19(3)11(2)12-4-6-13(16)7-5-12/h4-9,11H,17H2,1-3H3. The summed E-state index contributed by atoms with van der Waals surface area (Å²) in [6.45, 7) is 4.10. The largest absolute Gasteiger partial charge is 0.396 e. The van der Waals surface area contributed by atoms with Crippen molar-refractivity contribution < 1.29 is 0 Å². The van der Waals surface area contributed by atoms with Crippen LogP contribution in [-0.2, 0) is 0 Å². The lowest BCUT2D eigenvalue weighted by Gasteiger charge is -2.27. The van der Waals surface area contributed by atoms with Gasteiger partial charge in [0.2, 0.25) is 0 Å². The Morgan fingerprint density at radius 2 is 1.89 bits per heavy atom. The van der Waals surface area contributed by atoms with Gasteiger partial charge in [-0.25, -0.2) is 4.98 Å². The monoisotopic (exact) mass is 275 g/mol. The van der Waals surface area contributed by atoms with Crippen molar-refractivity contribution in [3.63, 3.8) is 0 Å². The molecule has 0 fully saturated rings.